The quantitative estimate of drug-likeness (QED) is 0.698. The van der Waals surface area contributed by atoms with E-state index in [2.05, 4.69) is 11.9 Å². The third-order valence-corrected chi connectivity index (χ3v) is 3.95. The SMILES string of the molecule is CN1CC2CCCC(C1)C2CCN. The Kier molecular flexibility index (Phi) is 2.89. The third kappa shape index (κ3) is 1.89. The minimum Gasteiger partial charge on any atom is -0.330 e. The van der Waals surface area contributed by atoms with Crippen LogP contribution in [0.1, 0.15) is 25.7 Å². The molecule has 0 amide bonds. The molecule has 1 saturated carbocycles. The largest absolute Gasteiger partial charge is 0.330 e. The summed E-state index contributed by atoms with van der Waals surface area (Å²) >= 11 is 0. The van der Waals surface area contributed by atoms with E-state index in [0.717, 1.165) is 24.3 Å². The van der Waals surface area contributed by atoms with Crippen LogP contribution >= 0.6 is 0 Å². The number of piperidine rings is 1. The van der Waals surface area contributed by atoms with Crippen molar-refractivity contribution in [3.8, 4) is 0 Å². The summed E-state index contributed by atoms with van der Waals surface area (Å²) < 4.78 is 0. The molecular formula is C11H22N2. The van der Waals surface area contributed by atoms with Gasteiger partial charge in [-0.25, -0.2) is 0 Å². The van der Waals surface area contributed by atoms with Crippen LogP contribution in [0.2, 0.25) is 0 Å². The van der Waals surface area contributed by atoms with Crippen molar-refractivity contribution < 1.29 is 0 Å². The third-order valence-electron chi connectivity index (χ3n) is 3.95. The van der Waals surface area contributed by atoms with Gasteiger partial charge in [0.2, 0.25) is 0 Å². The topological polar surface area (TPSA) is 29.3 Å². The van der Waals surface area contributed by atoms with Crippen LogP contribution < -0.4 is 5.73 Å². The maximum Gasteiger partial charge on any atom is 0.000949 e. The lowest BCUT2D eigenvalue weighted by molar-refractivity contribution is 0.0335. The number of nitrogens with zero attached hydrogens (tertiary/aromatic N) is 1. The Morgan fingerprint density at radius 1 is 1.23 bits per heavy atom. The average molecular weight is 182 g/mol. The summed E-state index contributed by atoms with van der Waals surface area (Å²) in [7, 11) is 2.27. The van der Waals surface area contributed by atoms with E-state index in [9.17, 15) is 0 Å². The van der Waals surface area contributed by atoms with Gasteiger partial charge >= 0.3 is 0 Å². The molecule has 2 unspecified atom stereocenters. The van der Waals surface area contributed by atoms with Crippen molar-refractivity contribution in [2.24, 2.45) is 23.5 Å². The molecule has 2 rings (SSSR count). The van der Waals surface area contributed by atoms with Gasteiger partial charge in [0, 0.05) is 13.1 Å². The summed E-state index contributed by atoms with van der Waals surface area (Å²) in [5.74, 6) is 2.87. The first-order valence-electron chi connectivity index (χ1n) is 5.70. The van der Waals surface area contributed by atoms with Crippen LogP contribution in [0.4, 0.5) is 0 Å². The summed E-state index contributed by atoms with van der Waals surface area (Å²) in [6, 6.07) is 0. The lowest BCUT2D eigenvalue weighted by Gasteiger charge is -2.46. The molecule has 1 aliphatic heterocycles. The van der Waals surface area contributed by atoms with Crippen LogP contribution in [0.25, 0.3) is 0 Å². The smallest absolute Gasteiger partial charge is 0.000949 e. The highest BCUT2D eigenvalue weighted by molar-refractivity contribution is 4.89. The summed E-state index contributed by atoms with van der Waals surface area (Å²) in [5, 5.41) is 0. The molecule has 13 heavy (non-hydrogen) atoms. The molecule has 2 heteroatoms. The number of fused-ring (bicyclic) bond motifs is 2. The maximum absolute atomic E-state index is 5.68. The fourth-order valence-electron chi connectivity index (χ4n) is 3.45. The molecule has 2 aliphatic rings. The maximum atomic E-state index is 5.68. The Morgan fingerprint density at radius 2 is 1.85 bits per heavy atom. The van der Waals surface area contributed by atoms with E-state index in [4.69, 9.17) is 5.73 Å². The van der Waals surface area contributed by atoms with Crippen molar-refractivity contribution in [1.82, 2.24) is 4.90 Å². The molecular weight excluding hydrogens is 160 g/mol. The standard InChI is InChI=1S/C11H22N2/c1-13-7-9-3-2-4-10(8-13)11(9)5-6-12/h9-11H,2-8,12H2,1H3. The zero-order valence-electron chi connectivity index (χ0n) is 8.71. The number of hydrogen-bond acceptors (Lipinski definition) is 2. The van der Waals surface area contributed by atoms with Crippen molar-refractivity contribution in [2.45, 2.75) is 25.7 Å². The molecule has 2 N–H and O–H groups in total. The van der Waals surface area contributed by atoms with E-state index in [1.807, 2.05) is 0 Å². The molecule has 2 atom stereocenters. The van der Waals surface area contributed by atoms with Gasteiger partial charge in [0.1, 0.15) is 0 Å². The highest BCUT2D eigenvalue weighted by Crippen LogP contribution is 2.40. The zero-order valence-corrected chi connectivity index (χ0v) is 8.71. The molecule has 2 fully saturated rings. The van der Waals surface area contributed by atoms with Crippen molar-refractivity contribution in [2.75, 3.05) is 26.7 Å². The van der Waals surface area contributed by atoms with Crippen LogP contribution in [0.15, 0.2) is 0 Å². The summed E-state index contributed by atoms with van der Waals surface area (Å²) in [6.45, 7) is 3.53. The first kappa shape index (κ1) is 9.47. The fraction of sp³-hybridized carbons (Fsp3) is 1.00. The Bertz CT molecular complexity index is 155. The lowest BCUT2D eigenvalue weighted by atomic mass is 9.68. The van der Waals surface area contributed by atoms with Gasteiger partial charge in [-0.05, 0) is 50.6 Å². The molecule has 2 nitrogen and oxygen atoms in total. The molecule has 0 spiro atoms. The second-order valence-corrected chi connectivity index (χ2v) is 4.91. The normalized spacial score (nSPS) is 40.6. The van der Waals surface area contributed by atoms with Gasteiger partial charge in [-0.15, -0.1) is 0 Å². The molecule has 0 aromatic heterocycles. The second-order valence-electron chi connectivity index (χ2n) is 4.91. The molecule has 0 aromatic carbocycles. The minimum absolute atomic E-state index is 0.890. The highest BCUT2D eigenvalue weighted by atomic mass is 15.1. The van der Waals surface area contributed by atoms with E-state index in [0.29, 0.717) is 0 Å². The van der Waals surface area contributed by atoms with Crippen molar-refractivity contribution >= 4 is 0 Å². The number of hydrogen-bond donors (Lipinski definition) is 1. The lowest BCUT2D eigenvalue weighted by Crippen LogP contribution is -2.47. The number of rotatable bonds is 2. The van der Waals surface area contributed by atoms with Crippen molar-refractivity contribution in [1.29, 1.82) is 0 Å². The average Bonchev–Trinajstić information content (AvgIpc) is 2.07. The Balaban J connectivity index is 2.01. The zero-order chi connectivity index (χ0) is 9.26. The first-order valence-corrected chi connectivity index (χ1v) is 5.70. The van der Waals surface area contributed by atoms with E-state index in [-0.39, 0.29) is 0 Å². The van der Waals surface area contributed by atoms with E-state index in [1.54, 1.807) is 0 Å². The molecule has 1 aliphatic carbocycles. The number of nitrogens with two attached hydrogens (primary N) is 1. The molecule has 0 radical (unpaired) electrons. The Hall–Kier alpha value is -0.0800. The Morgan fingerprint density at radius 3 is 2.38 bits per heavy atom. The van der Waals surface area contributed by atoms with E-state index >= 15 is 0 Å². The molecule has 1 heterocycles. The van der Waals surface area contributed by atoms with Gasteiger partial charge in [0.15, 0.2) is 0 Å². The molecule has 0 aromatic rings. The molecule has 76 valence electrons. The van der Waals surface area contributed by atoms with Crippen molar-refractivity contribution in [3.05, 3.63) is 0 Å². The second kappa shape index (κ2) is 3.97. The van der Waals surface area contributed by atoms with Gasteiger partial charge in [-0.1, -0.05) is 6.42 Å². The minimum atomic E-state index is 0.890. The Labute approximate surface area is 81.5 Å². The predicted octanol–water partition coefficient (Wildman–Crippen LogP) is 1.31. The van der Waals surface area contributed by atoms with Crippen LogP contribution in [0.5, 0.6) is 0 Å². The highest BCUT2D eigenvalue weighted by Gasteiger charge is 2.37. The van der Waals surface area contributed by atoms with Gasteiger partial charge in [0.25, 0.3) is 0 Å². The van der Waals surface area contributed by atoms with E-state index < -0.39 is 0 Å². The summed E-state index contributed by atoms with van der Waals surface area (Å²) in [4.78, 5) is 2.52. The first-order chi connectivity index (χ1) is 6.31. The molecule has 2 bridgehead atoms. The van der Waals surface area contributed by atoms with Gasteiger partial charge in [-0.2, -0.15) is 0 Å². The van der Waals surface area contributed by atoms with Crippen LogP contribution in [-0.4, -0.2) is 31.6 Å². The van der Waals surface area contributed by atoms with Gasteiger partial charge in [-0.3, -0.25) is 0 Å². The monoisotopic (exact) mass is 182 g/mol. The summed E-state index contributed by atoms with van der Waals surface area (Å²) in [5.41, 5.74) is 5.68. The summed E-state index contributed by atoms with van der Waals surface area (Å²) in [6.07, 6.45) is 5.63. The predicted molar refractivity (Wildman–Crippen MR) is 55.5 cm³/mol. The molecule has 1 saturated heterocycles. The van der Waals surface area contributed by atoms with Crippen LogP contribution in [-0.2, 0) is 0 Å². The number of likely N-dealkylation sites (tertiary alicyclic amines) is 1. The van der Waals surface area contributed by atoms with Gasteiger partial charge < -0.3 is 10.6 Å². The van der Waals surface area contributed by atoms with Crippen LogP contribution in [0.3, 0.4) is 0 Å². The van der Waals surface area contributed by atoms with Crippen molar-refractivity contribution in [3.63, 3.8) is 0 Å². The van der Waals surface area contributed by atoms with Gasteiger partial charge in [0.05, 0.1) is 0 Å². The van der Waals surface area contributed by atoms with E-state index in [1.165, 1.54) is 38.8 Å². The fourth-order valence-corrected chi connectivity index (χ4v) is 3.45. The van der Waals surface area contributed by atoms with Crippen LogP contribution in [0, 0.1) is 17.8 Å².